The molecule has 4 aromatic rings. The van der Waals surface area contributed by atoms with Crippen LogP contribution in [0.3, 0.4) is 0 Å². The van der Waals surface area contributed by atoms with Gasteiger partial charge < -0.3 is 10.0 Å². The summed E-state index contributed by atoms with van der Waals surface area (Å²) in [7, 11) is 0. The topological polar surface area (TPSA) is 76.5 Å². The predicted octanol–water partition coefficient (Wildman–Crippen LogP) is 5.91. The molecule has 0 spiro atoms. The van der Waals surface area contributed by atoms with Gasteiger partial charge in [0.2, 0.25) is 0 Å². The Balaban J connectivity index is 1.28. The minimum atomic E-state index is -0.933. The van der Waals surface area contributed by atoms with E-state index >= 15 is 0 Å². The predicted molar refractivity (Wildman–Crippen MR) is 157 cm³/mol. The van der Waals surface area contributed by atoms with Gasteiger partial charge in [-0.2, -0.15) is 0 Å². The Hall–Kier alpha value is -4.75. The zero-order chi connectivity index (χ0) is 27.5. The molecule has 4 aromatic carbocycles. The van der Waals surface area contributed by atoms with Gasteiger partial charge in [0.25, 0.3) is 0 Å². The maximum Gasteiger partial charge on any atom is 0.329 e. The van der Waals surface area contributed by atoms with E-state index < -0.39 is 12.0 Å². The van der Waals surface area contributed by atoms with Crippen LogP contribution in [0.25, 0.3) is 0 Å². The summed E-state index contributed by atoms with van der Waals surface area (Å²) in [5, 5.41) is 10.3. The lowest BCUT2D eigenvalue weighted by molar-refractivity contribution is -0.145. The quantitative estimate of drug-likeness (QED) is 0.348. The second kappa shape index (κ2) is 11.2. The summed E-state index contributed by atoms with van der Waals surface area (Å²) in [5.74, 6) is -0.926. The number of urea groups is 1. The van der Waals surface area contributed by atoms with Crippen LogP contribution in [0.5, 0.6) is 0 Å². The van der Waals surface area contributed by atoms with Gasteiger partial charge in [-0.1, -0.05) is 91.0 Å². The third-order valence-electron chi connectivity index (χ3n) is 7.70. The fraction of sp³-hybridized carbons (Fsp3) is 0.182. The Bertz CT molecular complexity index is 1450. The Labute approximate surface area is 233 Å². The molecule has 2 heterocycles. The van der Waals surface area contributed by atoms with E-state index in [2.05, 4.69) is 29.3 Å². The molecule has 0 radical (unpaired) electrons. The monoisotopic (exact) mass is 530 g/mol. The molecule has 2 aliphatic rings. The van der Waals surface area contributed by atoms with E-state index in [0.29, 0.717) is 31.0 Å². The van der Waals surface area contributed by atoms with E-state index in [0.717, 1.165) is 22.4 Å². The lowest BCUT2D eigenvalue weighted by Crippen LogP contribution is -2.60. The van der Waals surface area contributed by atoms with E-state index in [1.165, 1.54) is 0 Å². The Kier molecular flexibility index (Phi) is 7.12. The number of para-hydroxylation sites is 3. The van der Waals surface area contributed by atoms with Gasteiger partial charge in [0.1, 0.15) is 6.04 Å². The number of carboxylic acids is 1. The lowest BCUT2D eigenvalue weighted by Gasteiger charge is -2.42. The number of piperazine rings is 1. The molecule has 0 unspecified atom stereocenters. The lowest BCUT2D eigenvalue weighted by atomic mass is 9.90. The number of hydrogen-bond acceptors (Lipinski definition) is 4. The summed E-state index contributed by atoms with van der Waals surface area (Å²) in [5.41, 5.74) is 5.19. The van der Waals surface area contributed by atoms with Gasteiger partial charge in [-0.25, -0.2) is 4.79 Å². The number of fused-ring (bicyclic) bond motifs is 2. The number of rotatable bonds is 5. The molecule has 1 saturated heterocycles. The summed E-state index contributed by atoms with van der Waals surface area (Å²) in [6.07, 6.45) is 1.77. The van der Waals surface area contributed by atoms with Crippen molar-refractivity contribution in [1.82, 2.24) is 9.80 Å². The first-order valence-corrected chi connectivity index (χ1v) is 13.5. The number of nitrogens with zero attached hydrogens (tertiary/aromatic N) is 4. The summed E-state index contributed by atoms with van der Waals surface area (Å²) >= 11 is 0. The molecule has 1 fully saturated rings. The average Bonchev–Trinajstić information content (AvgIpc) is 3.17. The van der Waals surface area contributed by atoms with Crippen molar-refractivity contribution in [2.24, 2.45) is 4.99 Å². The highest BCUT2D eigenvalue weighted by Gasteiger charge is 2.38. The van der Waals surface area contributed by atoms with Gasteiger partial charge in [-0.15, -0.1) is 0 Å². The molecule has 1 atom stereocenters. The zero-order valence-electron chi connectivity index (χ0n) is 22.0. The molecule has 7 nitrogen and oxygen atoms in total. The van der Waals surface area contributed by atoms with Gasteiger partial charge in [0, 0.05) is 43.9 Å². The minimum absolute atomic E-state index is 0.00742. The SMILES string of the molecule is O=C(O)[C@@H]1CN(C(=O)N2c3ccccc3C=Nc3ccccc32)CCN1CC(c1ccccc1)c1ccccc1. The third kappa shape index (κ3) is 4.99. The molecular formula is C33H30N4O3. The Morgan fingerprint density at radius 3 is 2.05 bits per heavy atom. The number of anilines is 2. The van der Waals surface area contributed by atoms with Crippen molar-refractivity contribution in [1.29, 1.82) is 0 Å². The van der Waals surface area contributed by atoms with E-state index in [1.807, 2.05) is 89.8 Å². The molecule has 0 saturated carbocycles. The summed E-state index contributed by atoms with van der Waals surface area (Å²) < 4.78 is 0. The zero-order valence-corrected chi connectivity index (χ0v) is 22.0. The number of carbonyl (C=O) groups excluding carboxylic acids is 1. The van der Waals surface area contributed by atoms with Crippen LogP contribution in [0.4, 0.5) is 21.9 Å². The van der Waals surface area contributed by atoms with Gasteiger partial charge in [-0.3, -0.25) is 19.6 Å². The molecule has 1 N–H and O–H groups in total. The van der Waals surface area contributed by atoms with Crippen LogP contribution in [0.15, 0.2) is 114 Å². The largest absolute Gasteiger partial charge is 0.480 e. The number of carbonyl (C=O) groups is 2. The van der Waals surface area contributed by atoms with Crippen molar-refractivity contribution in [3.63, 3.8) is 0 Å². The summed E-state index contributed by atoms with van der Waals surface area (Å²) in [4.78, 5) is 36.7. The van der Waals surface area contributed by atoms with E-state index in [4.69, 9.17) is 0 Å². The summed E-state index contributed by atoms with van der Waals surface area (Å²) in [6.45, 7) is 1.50. The van der Waals surface area contributed by atoms with Crippen LogP contribution in [0, 0.1) is 0 Å². The molecule has 0 aliphatic carbocycles. The van der Waals surface area contributed by atoms with Gasteiger partial charge in [0.05, 0.1) is 17.1 Å². The first-order chi connectivity index (χ1) is 19.6. The number of carboxylic acid groups (broad SMARTS) is 1. The molecule has 2 aliphatic heterocycles. The molecule has 0 bridgehead atoms. The van der Waals surface area contributed by atoms with E-state index in [1.54, 1.807) is 16.0 Å². The van der Waals surface area contributed by atoms with Crippen LogP contribution in [0.2, 0.25) is 0 Å². The maximum absolute atomic E-state index is 14.2. The highest BCUT2D eigenvalue weighted by Crippen LogP contribution is 2.39. The molecule has 200 valence electrons. The third-order valence-corrected chi connectivity index (χ3v) is 7.70. The first kappa shape index (κ1) is 25.5. The highest BCUT2D eigenvalue weighted by molar-refractivity contribution is 6.08. The smallest absolute Gasteiger partial charge is 0.329 e. The Morgan fingerprint density at radius 1 is 0.775 bits per heavy atom. The van der Waals surface area contributed by atoms with Crippen molar-refractivity contribution in [2.45, 2.75) is 12.0 Å². The van der Waals surface area contributed by atoms with Crippen LogP contribution in [-0.4, -0.2) is 65.3 Å². The van der Waals surface area contributed by atoms with Crippen LogP contribution >= 0.6 is 0 Å². The second-order valence-corrected chi connectivity index (χ2v) is 10.1. The van der Waals surface area contributed by atoms with Crippen molar-refractivity contribution >= 4 is 35.3 Å². The molecule has 2 amide bonds. The number of aliphatic imine (C=N–C) groups is 1. The van der Waals surface area contributed by atoms with Crippen molar-refractivity contribution < 1.29 is 14.7 Å². The number of aliphatic carboxylic acids is 1. The van der Waals surface area contributed by atoms with Crippen molar-refractivity contribution in [3.8, 4) is 0 Å². The normalized spacial score (nSPS) is 16.8. The van der Waals surface area contributed by atoms with Crippen LogP contribution in [-0.2, 0) is 4.79 Å². The van der Waals surface area contributed by atoms with Gasteiger partial charge >= 0.3 is 12.0 Å². The number of benzene rings is 4. The second-order valence-electron chi connectivity index (χ2n) is 10.1. The molecule has 7 heteroatoms. The fourth-order valence-electron chi connectivity index (χ4n) is 5.63. The molecule has 40 heavy (non-hydrogen) atoms. The van der Waals surface area contributed by atoms with Crippen LogP contribution in [0.1, 0.15) is 22.6 Å². The van der Waals surface area contributed by atoms with Crippen molar-refractivity contribution in [2.75, 3.05) is 31.1 Å². The Morgan fingerprint density at radius 2 is 1.38 bits per heavy atom. The molecule has 6 rings (SSSR count). The standard InChI is InChI=1S/C33H30N4O3/c38-32(39)31-23-36(20-19-35(31)22-27(24-11-3-1-4-12-24)25-13-5-2-6-14-25)33(40)37-29-17-9-7-15-26(29)21-34-28-16-8-10-18-30(28)37/h1-18,21,27,31H,19-20,22-23H2,(H,38,39)/t31-/m0/s1. The minimum Gasteiger partial charge on any atom is -0.480 e. The molecule has 0 aromatic heterocycles. The molecular weight excluding hydrogens is 500 g/mol. The van der Waals surface area contributed by atoms with Crippen molar-refractivity contribution in [3.05, 3.63) is 126 Å². The maximum atomic E-state index is 14.2. The highest BCUT2D eigenvalue weighted by atomic mass is 16.4. The fourth-order valence-corrected chi connectivity index (χ4v) is 5.63. The van der Waals surface area contributed by atoms with Crippen LogP contribution < -0.4 is 4.90 Å². The first-order valence-electron chi connectivity index (χ1n) is 13.5. The average molecular weight is 531 g/mol. The summed E-state index contributed by atoms with van der Waals surface area (Å²) in [6, 6.07) is 34.4. The number of hydrogen-bond donors (Lipinski definition) is 1. The van der Waals surface area contributed by atoms with E-state index in [-0.39, 0.29) is 18.5 Å². The number of amides is 2. The van der Waals surface area contributed by atoms with Gasteiger partial charge in [0.15, 0.2) is 0 Å². The van der Waals surface area contributed by atoms with Gasteiger partial charge in [-0.05, 0) is 29.3 Å². The van der Waals surface area contributed by atoms with E-state index in [9.17, 15) is 14.7 Å².